The normalized spacial score (nSPS) is 16.0. The fraction of sp³-hybridized carbons (Fsp3) is 0.300. The van der Waals surface area contributed by atoms with E-state index in [0.29, 0.717) is 18.1 Å². The number of fused-ring (bicyclic) bond motifs is 1. The molecule has 144 valence electrons. The van der Waals surface area contributed by atoms with Gasteiger partial charge >= 0.3 is 0 Å². The monoisotopic (exact) mass is 379 g/mol. The lowest BCUT2D eigenvalue weighted by atomic mass is 9.85. The smallest absolute Gasteiger partial charge is 0.264 e. The predicted octanol–water partition coefficient (Wildman–Crippen LogP) is 2.53. The molecule has 8 nitrogen and oxygen atoms in total. The predicted molar refractivity (Wildman–Crippen MR) is 104 cm³/mol. The Hall–Kier alpha value is -3.42. The van der Waals surface area contributed by atoms with Gasteiger partial charge in [0.25, 0.3) is 5.56 Å². The molecule has 3 heterocycles. The molecular weight excluding hydrogens is 358 g/mol. The van der Waals surface area contributed by atoms with Gasteiger partial charge in [0.05, 0.1) is 11.8 Å². The Labute approximate surface area is 161 Å². The minimum absolute atomic E-state index is 0.0206. The Kier molecular flexibility index (Phi) is 4.46. The van der Waals surface area contributed by atoms with E-state index in [9.17, 15) is 9.59 Å². The molecule has 0 aliphatic carbocycles. The molecule has 1 aliphatic heterocycles. The van der Waals surface area contributed by atoms with E-state index in [-0.39, 0.29) is 23.5 Å². The number of hydrogen-bond acceptors (Lipinski definition) is 5. The van der Waals surface area contributed by atoms with Gasteiger partial charge < -0.3 is 10.1 Å². The lowest BCUT2D eigenvalue weighted by molar-refractivity contribution is -0.116. The number of carbonyl (C=O) groups excluding carboxylic acids is 1. The van der Waals surface area contributed by atoms with Crippen molar-refractivity contribution in [3.05, 3.63) is 63.6 Å². The first-order valence-electron chi connectivity index (χ1n) is 9.15. The topological polar surface area (TPSA) is 102 Å². The van der Waals surface area contributed by atoms with Gasteiger partial charge in [-0.15, -0.1) is 0 Å². The molecule has 0 unspecified atom stereocenters. The number of aryl methyl sites for hydroxylation is 1. The molecule has 28 heavy (non-hydrogen) atoms. The SMILES string of the molecule is Cc1nn(-c2ccc(=O)[nH]n2)c2c1[C@@H](c1ccccc1OC(C)C)CC(=O)N2. The Morgan fingerprint density at radius 3 is 2.68 bits per heavy atom. The summed E-state index contributed by atoms with van der Waals surface area (Å²) in [6.07, 6.45) is 0.323. The molecule has 0 saturated heterocycles. The minimum Gasteiger partial charge on any atom is -0.491 e. The summed E-state index contributed by atoms with van der Waals surface area (Å²) >= 11 is 0. The van der Waals surface area contributed by atoms with Crippen molar-refractivity contribution in [1.29, 1.82) is 0 Å². The molecule has 1 atom stereocenters. The maximum absolute atomic E-state index is 12.5. The number of para-hydroxylation sites is 1. The number of nitrogens with zero attached hydrogens (tertiary/aromatic N) is 3. The average Bonchev–Trinajstić information content (AvgIpc) is 2.98. The van der Waals surface area contributed by atoms with Crippen LogP contribution in [0.25, 0.3) is 5.82 Å². The van der Waals surface area contributed by atoms with Gasteiger partial charge in [0.15, 0.2) is 5.82 Å². The van der Waals surface area contributed by atoms with E-state index in [1.165, 1.54) is 6.07 Å². The fourth-order valence-electron chi connectivity index (χ4n) is 3.56. The summed E-state index contributed by atoms with van der Waals surface area (Å²) in [5.74, 6) is 1.46. The number of amides is 1. The van der Waals surface area contributed by atoms with Gasteiger partial charge in [0.1, 0.15) is 11.6 Å². The molecular formula is C20H21N5O3. The van der Waals surface area contributed by atoms with Gasteiger partial charge in [-0.3, -0.25) is 9.59 Å². The van der Waals surface area contributed by atoms with Crippen molar-refractivity contribution >= 4 is 11.7 Å². The molecule has 2 aromatic heterocycles. The second-order valence-electron chi connectivity index (χ2n) is 7.05. The van der Waals surface area contributed by atoms with E-state index >= 15 is 0 Å². The first kappa shape index (κ1) is 18.0. The largest absolute Gasteiger partial charge is 0.491 e. The molecule has 1 amide bonds. The summed E-state index contributed by atoms with van der Waals surface area (Å²) in [4.78, 5) is 23.8. The maximum atomic E-state index is 12.5. The van der Waals surface area contributed by atoms with E-state index < -0.39 is 0 Å². The van der Waals surface area contributed by atoms with Crippen molar-refractivity contribution < 1.29 is 9.53 Å². The molecule has 0 fully saturated rings. The van der Waals surface area contributed by atoms with Crippen molar-refractivity contribution in [3.8, 4) is 11.6 Å². The zero-order chi connectivity index (χ0) is 19.8. The van der Waals surface area contributed by atoms with Crippen LogP contribution in [-0.4, -0.2) is 32.0 Å². The third kappa shape index (κ3) is 3.17. The fourth-order valence-corrected chi connectivity index (χ4v) is 3.56. The Bertz CT molecular complexity index is 1080. The van der Waals surface area contributed by atoms with Gasteiger partial charge in [-0.2, -0.15) is 14.9 Å². The van der Waals surface area contributed by atoms with Crippen LogP contribution in [0.2, 0.25) is 0 Å². The molecule has 3 aromatic rings. The van der Waals surface area contributed by atoms with Crippen LogP contribution in [0.3, 0.4) is 0 Å². The van der Waals surface area contributed by atoms with Crippen LogP contribution in [0, 0.1) is 6.92 Å². The standard InChI is InChI=1S/C20H21N5O3/c1-11(2)28-15-7-5-4-6-13(15)14-10-18(27)21-20-19(14)12(3)24-25(20)16-8-9-17(26)23-22-16/h4-9,11,14H,10H2,1-3H3,(H,21,27)(H,23,26)/t14-/m1/s1. The molecule has 2 N–H and O–H groups in total. The summed E-state index contributed by atoms with van der Waals surface area (Å²) in [5.41, 5.74) is 2.35. The van der Waals surface area contributed by atoms with E-state index in [0.717, 1.165) is 22.6 Å². The van der Waals surface area contributed by atoms with Crippen molar-refractivity contribution in [2.75, 3.05) is 5.32 Å². The maximum Gasteiger partial charge on any atom is 0.264 e. The van der Waals surface area contributed by atoms with Gasteiger partial charge in [0.2, 0.25) is 5.91 Å². The number of anilines is 1. The number of nitrogens with one attached hydrogen (secondary N) is 2. The number of benzene rings is 1. The van der Waals surface area contributed by atoms with Crippen LogP contribution in [-0.2, 0) is 4.79 Å². The third-order valence-corrected chi connectivity index (χ3v) is 4.64. The third-order valence-electron chi connectivity index (χ3n) is 4.64. The number of ether oxygens (including phenoxy) is 1. The number of aromatic nitrogens is 4. The second-order valence-corrected chi connectivity index (χ2v) is 7.05. The summed E-state index contributed by atoms with van der Waals surface area (Å²) in [6.45, 7) is 5.85. The molecule has 8 heteroatoms. The summed E-state index contributed by atoms with van der Waals surface area (Å²) < 4.78 is 7.53. The molecule has 0 saturated carbocycles. The zero-order valence-electron chi connectivity index (χ0n) is 15.9. The molecule has 4 rings (SSSR count). The first-order chi connectivity index (χ1) is 13.4. The molecule has 0 bridgehead atoms. The Balaban J connectivity index is 1.86. The van der Waals surface area contributed by atoms with Gasteiger partial charge in [0, 0.05) is 29.5 Å². The van der Waals surface area contributed by atoms with Crippen LogP contribution in [0.1, 0.15) is 43.0 Å². The second kappa shape index (κ2) is 6.95. The average molecular weight is 379 g/mol. The van der Waals surface area contributed by atoms with E-state index in [2.05, 4.69) is 20.6 Å². The summed E-state index contributed by atoms with van der Waals surface area (Å²) in [6, 6.07) is 10.7. The van der Waals surface area contributed by atoms with Crippen LogP contribution >= 0.6 is 0 Å². The highest BCUT2D eigenvalue weighted by molar-refractivity contribution is 5.95. The van der Waals surface area contributed by atoms with Gasteiger partial charge in [-0.05, 0) is 32.9 Å². The molecule has 0 radical (unpaired) electrons. The van der Waals surface area contributed by atoms with Gasteiger partial charge in [-0.1, -0.05) is 18.2 Å². The van der Waals surface area contributed by atoms with E-state index in [1.54, 1.807) is 10.7 Å². The van der Waals surface area contributed by atoms with E-state index in [1.807, 2.05) is 45.0 Å². The van der Waals surface area contributed by atoms with Crippen LogP contribution in [0.15, 0.2) is 41.2 Å². The van der Waals surface area contributed by atoms with E-state index in [4.69, 9.17) is 4.74 Å². The van der Waals surface area contributed by atoms with Crippen molar-refractivity contribution in [2.45, 2.75) is 39.2 Å². The summed E-state index contributed by atoms with van der Waals surface area (Å²) in [5, 5.41) is 13.9. The zero-order valence-corrected chi connectivity index (χ0v) is 15.9. The van der Waals surface area contributed by atoms with Crippen molar-refractivity contribution in [3.63, 3.8) is 0 Å². The highest BCUT2D eigenvalue weighted by Crippen LogP contribution is 2.43. The highest BCUT2D eigenvalue weighted by atomic mass is 16.5. The Morgan fingerprint density at radius 1 is 1.18 bits per heavy atom. The highest BCUT2D eigenvalue weighted by Gasteiger charge is 2.34. The van der Waals surface area contributed by atoms with Crippen molar-refractivity contribution in [2.24, 2.45) is 0 Å². The number of rotatable bonds is 4. The molecule has 1 aliphatic rings. The summed E-state index contributed by atoms with van der Waals surface area (Å²) in [7, 11) is 0. The van der Waals surface area contributed by atoms with Crippen LogP contribution < -0.4 is 15.6 Å². The van der Waals surface area contributed by atoms with Crippen molar-refractivity contribution in [1.82, 2.24) is 20.0 Å². The lowest BCUT2D eigenvalue weighted by Gasteiger charge is -2.26. The molecule has 1 aromatic carbocycles. The number of hydrogen-bond donors (Lipinski definition) is 2. The number of H-pyrrole nitrogens is 1. The molecule has 0 spiro atoms. The Morgan fingerprint density at radius 2 is 1.96 bits per heavy atom. The number of aromatic amines is 1. The van der Waals surface area contributed by atoms with Crippen LogP contribution in [0.4, 0.5) is 5.82 Å². The quantitative estimate of drug-likeness (QED) is 0.725. The lowest BCUT2D eigenvalue weighted by Crippen LogP contribution is -2.25. The first-order valence-corrected chi connectivity index (χ1v) is 9.15. The van der Waals surface area contributed by atoms with Gasteiger partial charge in [-0.25, -0.2) is 5.10 Å². The minimum atomic E-state index is -0.303. The van der Waals surface area contributed by atoms with Crippen LogP contribution in [0.5, 0.6) is 5.75 Å². The number of carbonyl (C=O) groups is 1.